The van der Waals surface area contributed by atoms with Gasteiger partial charge < -0.3 is 10.6 Å². The summed E-state index contributed by atoms with van der Waals surface area (Å²) in [4.78, 5) is 18.0. The van der Waals surface area contributed by atoms with Crippen molar-refractivity contribution in [1.82, 2.24) is 20.4 Å². The van der Waals surface area contributed by atoms with Crippen LogP contribution < -0.4 is 15.8 Å². The van der Waals surface area contributed by atoms with Gasteiger partial charge in [-0.1, -0.05) is 95.5 Å². The molecule has 3 atom stereocenters. The first-order valence-corrected chi connectivity index (χ1v) is 24.5. The lowest BCUT2D eigenvalue weighted by Crippen LogP contribution is -2.46. The molecule has 0 spiro atoms. The summed E-state index contributed by atoms with van der Waals surface area (Å²) >= 11 is 4.57. The van der Waals surface area contributed by atoms with E-state index in [2.05, 4.69) is 108 Å². The summed E-state index contributed by atoms with van der Waals surface area (Å²) in [5, 5.41) is 7.20. The summed E-state index contributed by atoms with van der Waals surface area (Å²) in [5.41, 5.74) is 6.77. The topological polar surface area (TPSA) is 50.9 Å². The third kappa shape index (κ3) is 13.8. The number of allylic oxidation sites excluding steroid dienone is 9. The molecule has 64 heavy (non-hydrogen) atoms. The third-order valence-corrected chi connectivity index (χ3v) is 13.6. The second-order valence-electron chi connectivity index (χ2n) is 20.8. The lowest BCUT2D eigenvalue weighted by atomic mass is 9.80. The summed E-state index contributed by atoms with van der Waals surface area (Å²) < 4.78 is 47.3. The molecule has 0 radical (unpaired) electrons. The summed E-state index contributed by atoms with van der Waals surface area (Å²) in [6.07, 6.45) is 17.1. The summed E-state index contributed by atoms with van der Waals surface area (Å²) in [6, 6.07) is 2.89. The molecule has 2 bridgehead atoms. The van der Waals surface area contributed by atoms with Crippen molar-refractivity contribution < 1.29 is 18.1 Å². The molecule has 3 aliphatic heterocycles. The van der Waals surface area contributed by atoms with Crippen LogP contribution in [-0.4, -0.2) is 66.7 Å². The number of nitrogens with one attached hydrogen (secondary N) is 2. The maximum atomic E-state index is 16.4. The molecular formula is C54H82F3N5OS. The largest absolute Gasteiger partial charge is 0.389 e. The Kier molecular flexibility index (Phi) is 19.0. The van der Waals surface area contributed by atoms with Crippen LogP contribution >= 0.6 is 12.6 Å². The molecule has 0 aromatic heterocycles. The fraction of sp³-hybridized carbons (Fsp3) is 0.611. The molecule has 6 nitrogen and oxygen atoms in total. The van der Waals surface area contributed by atoms with Crippen molar-refractivity contribution in [2.75, 3.05) is 44.4 Å². The fourth-order valence-electron chi connectivity index (χ4n) is 9.54. The van der Waals surface area contributed by atoms with Gasteiger partial charge >= 0.3 is 0 Å². The van der Waals surface area contributed by atoms with E-state index in [0.717, 1.165) is 91.2 Å². The highest BCUT2D eigenvalue weighted by Gasteiger charge is 2.40. The highest BCUT2D eigenvalue weighted by Crippen LogP contribution is 2.49. The number of hydrogen-bond donors (Lipinski definition) is 3. The predicted molar refractivity (Wildman–Crippen MR) is 268 cm³/mol. The number of alkyl halides is 1. The van der Waals surface area contributed by atoms with Gasteiger partial charge in [-0.15, -0.1) is 12.6 Å². The van der Waals surface area contributed by atoms with Crippen LogP contribution in [0.25, 0.3) is 0 Å². The highest BCUT2D eigenvalue weighted by atomic mass is 32.1. The van der Waals surface area contributed by atoms with E-state index in [1.54, 1.807) is 26.0 Å². The molecule has 10 heteroatoms. The zero-order valence-electron chi connectivity index (χ0n) is 41.7. The molecule has 356 valence electrons. The van der Waals surface area contributed by atoms with E-state index in [1.807, 2.05) is 38.7 Å². The van der Waals surface area contributed by atoms with Crippen LogP contribution in [0.4, 0.5) is 18.9 Å². The number of carbonyl (C=O) groups is 1. The van der Waals surface area contributed by atoms with Gasteiger partial charge in [0.15, 0.2) is 0 Å². The van der Waals surface area contributed by atoms with Crippen LogP contribution in [0.2, 0.25) is 0 Å². The molecule has 1 amide bonds. The van der Waals surface area contributed by atoms with Crippen molar-refractivity contribution in [2.24, 2.45) is 16.7 Å². The Labute approximate surface area is 391 Å². The molecule has 0 saturated carbocycles. The highest BCUT2D eigenvalue weighted by molar-refractivity contribution is 7.84. The smallest absolute Gasteiger partial charge is 0.237 e. The van der Waals surface area contributed by atoms with Crippen molar-refractivity contribution in [3.63, 3.8) is 0 Å². The zero-order valence-corrected chi connectivity index (χ0v) is 42.6. The third-order valence-electron chi connectivity index (χ3n) is 12.9. The standard InChI is InChI=1S/C31H42F3N3.C21H34N2OS.C2H6/c1-8-35-21(3)30(4,5)15-13-22-17-25(32)28-27(18-22)37(34)26-12-10-9-11-24(26)23-14-16-36(19-31(6,7)33)29(28)20(23)2;1-15(2)19(25)17-10-8-16(9-11-17)13-22-20(24)18-7-6-12-23(18)14-21(3,4)5;1-2/h9,11,17-18,29,35H,3,8,10,12-16,19H2,1-2,4-7H3;8,10-11,16,18,25H,6-7,9,12-14H2,1-5H3,(H,22,24);1-2H3. The maximum Gasteiger partial charge on any atom is 0.237 e. The van der Waals surface area contributed by atoms with Crippen molar-refractivity contribution in [3.8, 4) is 0 Å². The molecule has 6 rings (SSSR count). The lowest BCUT2D eigenvalue weighted by molar-refractivity contribution is -0.125. The number of carbonyl (C=O) groups excluding carboxylic acids is 1. The van der Waals surface area contributed by atoms with Crippen LogP contribution in [0.1, 0.15) is 152 Å². The van der Waals surface area contributed by atoms with E-state index in [0.29, 0.717) is 48.1 Å². The Balaban J connectivity index is 0.000000290. The number of aryl methyl sites for hydroxylation is 1. The number of nitrogens with zero attached hydrogens (tertiary/aromatic N) is 3. The predicted octanol–water partition coefficient (Wildman–Crippen LogP) is 13.4. The van der Waals surface area contributed by atoms with Gasteiger partial charge in [0.25, 0.3) is 0 Å². The van der Waals surface area contributed by atoms with Crippen molar-refractivity contribution in [1.29, 1.82) is 0 Å². The van der Waals surface area contributed by atoms with E-state index in [-0.39, 0.29) is 35.0 Å². The number of halogens is 3. The number of amides is 1. The number of thiol groups is 1. The van der Waals surface area contributed by atoms with Crippen LogP contribution in [0.3, 0.4) is 0 Å². The van der Waals surface area contributed by atoms with Crippen molar-refractivity contribution in [2.45, 2.75) is 159 Å². The minimum atomic E-state index is -1.46. The molecule has 3 unspecified atom stereocenters. The average Bonchev–Trinajstić information content (AvgIpc) is 3.69. The second-order valence-corrected chi connectivity index (χ2v) is 21.2. The minimum Gasteiger partial charge on any atom is -0.389 e. The van der Waals surface area contributed by atoms with E-state index < -0.39 is 17.5 Å². The molecule has 1 saturated heterocycles. The van der Waals surface area contributed by atoms with Crippen molar-refractivity contribution in [3.05, 3.63) is 110 Å². The number of anilines is 1. The Morgan fingerprint density at radius 3 is 2.30 bits per heavy atom. The number of likely N-dealkylation sites (tertiary alicyclic amines) is 1. The number of benzene rings is 1. The van der Waals surface area contributed by atoms with Gasteiger partial charge in [-0.25, -0.2) is 8.78 Å². The number of hydrogen-bond acceptors (Lipinski definition) is 6. The van der Waals surface area contributed by atoms with Gasteiger partial charge in [0.05, 0.1) is 23.5 Å². The molecule has 1 fully saturated rings. The normalized spacial score (nSPS) is 21.4. The first kappa shape index (κ1) is 53.1. The first-order chi connectivity index (χ1) is 30.0. The monoisotopic (exact) mass is 906 g/mol. The lowest BCUT2D eigenvalue weighted by Gasteiger charge is -2.43. The summed E-state index contributed by atoms with van der Waals surface area (Å²) in [6.45, 7) is 34.7. The Bertz CT molecular complexity index is 2010. The van der Waals surface area contributed by atoms with E-state index >= 15 is 8.87 Å². The number of fused-ring (bicyclic) bond motifs is 4. The van der Waals surface area contributed by atoms with Gasteiger partial charge in [-0.3, -0.25) is 14.6 Å². The molecule has 2 N–H and O–H groups in total. The molecule has 3 heterocycles. The van der Waals surface area contributed by atoms with Gasteiger partial charge in [0, 0.05) is 54.3 Å². The van der Waals surface area contributed by atoms with Gasteiger partial charge in [-0.05, 0) is 151 Å². The quantitative estimate of drug-likeness (QED) is 0.136. The average molecular weight is 906 g/mol. The Hall–Kier alpha value is -3.47. The van der Waals surface area contributed by atoms with E-state index in [9.17, 15) is 9.18 Å². The first-order valence-electron chi connectivity index (χ1n) is 24.0. The Morgan fingerprint density at radius 1 is 0.984 bits per heavy atom. The molecule has 1 aromatic carbocycles. The van der Waals surface area contributed by atoms with Crippen LogP contribution in [0.5, 0.6) is 0 Å². The second kappa shape index (κ2) is 22.8. The van der Waals surface area contributed by atoms with E-state index in [4.69, 9.17) is 0 Å². The van der Waals surface area contributed by atoms with Crippen LogP contribution in [0, 0.1) is 22.6 Å². The van der Waals surface area contributed by atoms with Gasteiger partial charge in [0.1, 0.15) is 11.5 Å². The minimum absolute atomic E-state index is 0.0487. The molecule has 5 aliphatic rings. The summed E-state index contributed by atoms with van der Waals surface area (Å²) in [7, 11) is 0. The molecule has 2 aliphatic carbocycles. The molecule has 1 aromatic rings. The van der Waals surface area contributed by atoms with E-state index in [1.165, 1.54) is 11.1 Å². The zero-order chi connectivity index (χ0) is 47.7. The maximum absolute atomic E-state index is 16.4. The molecular weight excluding hydrogens is 824 g/mol. The van der Waals surface area contributed by atoms with Crippen LogP contribution in [-0.2, 0) is 11.2 Å². The number of rotatable bonds is 13. The Morgan fingerprint density at radius 2 is 1.69 bits per heavy atom. The van der Waals surface area contributed by atoms with Gasteiger partial charge in [0.2, 0.25) is 5.91 Å². The summed E-state index contributed by atoms with van der Waals surface area (Å²) in [5.74, 6) is 0.147. The SMILES string of the molecule is C=C(NCC)C(C)(C)CCc1cc(F)c2c(c1)N(F)C1=C(C=CCC1)C1=C(C)C2N(CC(C)(C)F)CC1.CC.CC(C)=C(S)C1=CCC(CNC(=O)C2CCCN2CC(C)(C)C)C=C1. The van der Waals surface area contributed by atoms with Gasteiger partial charge in [-0.2, -0.15) is 5.12 Å². The van der Waals surface area contributed by atoms with Crippen LogP contribution in [0.15, 0.2) is 93.3 Å². The van der Waals surface area contributed by atoms with Crippen molar-refractivity contribution >= 4 is 24.2 Å². The fourth-order valence-corrected chi connectivity index (χ4v) is 9.71.